The van der Waals surface area contributed by atoms with Gasteiger partial charge in [0.25, 0.3) is 0 Å². The van der Waals surface area contributed by atoms with Crippen LogP contribution in [-0.2, 0) is 4.79 Å². The molecule has 0 aliphatic heterocycles. The van der Waals surface area contributed by atoms with Crippen LogP contribution in [0.3, 0.4) is 0 Å². The van der Waals surface area contributed by atoms with Gasteiger partial charge in [-0.15, -0.1) is 12.3 Å². The van der Waals surface area contributed by atoms with E-state index in [2.05, 4.69) is 11.2 Å². The molecule has 0 aliphatic rings. The van der Waals surface area contributed by atoms with Crippen molar-refractivity contribution in [3.05, 3.63) is 29.8 Å². The van der Waals surface area contributed by atoms with Gasteiger partial charge >= 0.3 is 0 Å². The molecule has 0 radical (unpaired) electrons. The third kappa shape index (κ3) is 5.07. The van der Waals surface area contributed by atoms with E-state index in [1.165, 1.54) is 6.07 Å². The van der Waals surface area contributed by atoms with Crippen LogP contribution in [0.2, 0.25) is 0 Å². The molecule has 1 atom stereocenters. The topological polar surface area (TPSA) is 38.3 Å². The minimum Gasteiger partial charge on any atom is -0.488 e. The molecule has 21 heavy (non-hydrogen) atoms. The average Bonchev–Trinajstić information content (AvgIpc) is 2.37. The lowest BCUT2D eigenvalue weighted by molar-refractivity contribution is -0.129. The number of ether oxygens (including phenoxy) is 1. The number of halogens is 2. The third-order valence-corrected chi connectivity index (χ3v) is 2.92. The lowest BCUT2D eigenvalue weighted by Gasteiger charge is -2.24. The van der Waals surface area contributed by atoms with Crippen LogP contribution in [0.4, 0.5) is 8.78 Å². The molecule has 0 heterocycles. The van der Waals surface area contributed by atoms with Crippen molar-refractivity contribution in [2.75, 3.05) is 6.61 Å². The first-order chi connectivity index (χ1) is 9.76. The van der Waals surface area contributed by atoms with Crippen molar-refractivity contribution >= 4 is 5.91 Å². The summed E-state index contributed by atoms with van der Waals surface area (Å²) in [7, 11) is 0. The number of nitrogens with one attached hydrogen (secondary N) is 1. The van der Waals surface area contributed by atoms with Gasteiger partial charge in [-0.2, -0.15) is 0 Å². The Kier molecular flexibility index (Phi) is 5.71. The monoisotopic (exact) mass is 295 g/mol. The van der Waals surface area contributed by atoms with Crippen molar-refractivity contribution in [2.45, 2.75) is 33.2 Å². The van der Waals surface area contributed by atoms with E-state index in [4.69, 9.17) is 11.2 Å². The first-order valence-corrected chi connectivity index (χ1v) is 6.58. The number of terminal acetylenes is 1. The van der Waals surface area contributed by atoms with Crippen LogP contribution in [-0.4, -0.2) is 18.6 Å². The molecular formula is C16H19F2NO2. The fourth-order valence-electron chi connectivity index (χ4n) is 1.60. The van der Waals surface area contributed by atoms with Crippen LogP contribution in [0.25, 0.3) is 0 Å². The summed E-state index contributed by atoms with van der Waals surface area (Å²) in [6.45, 7) is 5.29. The van der Waals surface area contributed by atoms with Crippen LogP contribution >= 0.6 is 0 Å². The first-order valence-electron chi connectivity index (χ1n) is 6.58. The molecule has 0 aromatic heterocycles. The maximum atomic E-state index is 13.4. The second-order valence-electron chi connectivity index (χ2n) is 5.53. The quantitative estimate of drug-likeness (QED) is 0.820. The Labute approximate surface area is 123 Å². The molecule has 0 spiro atoms. The fourth-order valence-corrected chi connectivity index (χ4v) is 1.60. The van der Waals surface area contributed by atoms with Crippen LogP contribution in [0.1, 0.15) is 27.2 Å². The highest BCUT2D eigenvalue weighted by molar-refractivity contribution is 5.82. The number of benzene rings is 1. The highest BCUT2D eigenvalue weighted by Gasteiger charge is 2.27. The molecular weight excluding hydrogens is 276 g/mol. The molecule has 1 amide bonds. The Balaban J connectivity index is 2.53. The summed E-state index contributed by atoms with van der Waals surface area (Å²) in [6.07, 6.45) is 5.54. The highest BCUT2D eigenvalue weighted by atomic mass is 19.1. The molecule has 1 aromatic carbocycles. The van der Waals surface area contributed by atoms with E-state index in [1.54, 1.807) is 20.8 Å². The maximum absolute atomic E-state index is 13.4. The minimum absolute atomic E-state index is 0.0552. The fraction of sp³-hybridized carbons (Fsp3) is 0.438. The first kappa shape index (κ1) is 17.0. The van der Waals surface area contributed by atoms with Gasteiger partial charge in [-0.25, -0.2) is 8.78 Å². The van der Waals surface area contributed by atoms with E-state index >= 15 is 0 Å². The van der Waals surface area contributed by atoms with E-state index in [9.17, 15) is 13.6 Å². The SMILES string of the molecule is C#CCC(C)(C)C(=O)N[C@H](C)COc1ccc(F)cc1F. The smallest absolute Gasteiger partial charge is 0.226 e. The normalized spacial score (nSPS) is 12.4. The Morgan fingerprint density at radius 2 is 2.14 bits per heavy atom. The van der Waals surface area contributed by atoms with Gasteiger partial charge < -0.3 is 10.1 Å². The second kappa shape index (κ2) is 7.07. The van der Waals surface area contributed by atoms with Gasteiger partial charge in [-0.1, -0.05) is 13.8 Å². The molecule has 0 unspecified atom stereocenters. The Hall–Kier alpha value is -2.09. The van der Waals surface area contributed by atoms with E-state index in [1.807, 2.05) is 0 Å². The van der Waals surface area contributed by atoms with Crippen LogP contribution in [0, 0.1) is 29.4 Å². The van der Waals surface area contributed by atoms with Crippen molar-refractivity contribution in [1.82, 2.24) is 5.32 Å². The molecule has 1 rings (SSSR count). The number of hydrogen-bond donors (Lipinski definition) is 1. The molecule has 1 N–H and O–H groups in total. The summed E-state index contributed by atoms with van der Waals surface area (Å²) in [6, 6.07) is 2.73. The van der Waals surface area contributed by atoms with Gasteiger partial charge in [-0.3, -0.25) is 4.79 Å². The van der Waals surface area contributed by atoms with Gasteiger partial charge in [-0.05, 0) is 19.1 Å². The highest BCUT2D eigenvalue weighted by Crippen LogP contribution is 2.20. The molecule has 0 aliphatic carbocycles. The van der Waals surface area contributed by atoms with E-state index < -0.39 is 17.0 Å². The van der Waals surface area contributed by atoms with E-state index in [0.29, 0.717) is 6.42 Å². The zero-order chi connectivity index (χ0) is 16.0. The molecule has 0 bridgehead atoms. The molecule has 114 valence electrons. The van der Waals surface area contributed by atoms with Crippen molar-refractivity contribution in [2.24, 2.45) is 5.41 Å². The predicted molar refractivity (Wildman–Crippen MR) is 76.7 cm³/mol. The number of hydrogen-bond acceptors (Lipinski definition) is 2. The van der Waals surface area contributed by atoms with E-state index in [-0.39, 0.29) is 24.3 Å². The van der Waals surface area contributed by atoms with Crippen molar-refractivity contribution < 1.29 is 18.3 Å². The van der Waals surface area contributed by atoms with E-state index in [0.717, 1.165) is 12.1 Å². The van der Waals surface area contributed by atoms with Crippen molar-refractivity contribution in [3.63, 3.8) is 0 Å². The standard InChI is InChI=1S/C16H19F2NO2/c1-5-8-16(3,4)15(20)19-11(2)10-21-14-7-6-12(17)9-13(14)18/h1,6-7,9,11H,8,10H2,2-4H3,(H,19,20)/t11-/m1/s1. The van der Waals surface area contributed by atoms with Crippen LogP contribution in [0.5, 0.6) is 5.75 Å². The Bertz CT molecular complexity index is 550. The second-order valence-corrected chi connectivity index (χ2v) is 5.53. The van der Waals surface area contributed by atoms with Crippen molar-refractivity contribution in [1.29, 1.82) is 0 Å². The summed E-state index contributed by atoms with van der Waals surface area (Å²) >= 11 is 0. The van der Waals surface area contributed by atoms with Crippen LogP contribution < -0.4 is 10.1 Å². The average molecular weight is 295 g/mol. The third-order valence-electron chi connectivity index (χ3n) is 2.92. The zero-order valence-corrected chi connectivity index (χ0v) is 12.4. The summed E-state index contributed by atoms with van der Waals surface area (Å²) in [4.78, 5) is 12.0. The number of amides is 1. The molecule has 3 nitrogen and oxygen atoms in total. The number of carbonyl (C=O) groups is 1. The Morgan fingerprint density at radius 3 is 2.71 bits per heavy atom. The largest absolute Gasteiger partial charge is 0.488 e. The summed E-state index contributed by atoms with van der Waals surface area (Å²) in [5, 5.41) is 2.75. The molecule has 0 saturated carbocycles. The maximum Gasteiger partial charge on any atom is 0.226 e. The lowest BCUT2D eigenvalue weighted by Crippen LogP contribution is -2.44. The summed E-state index contributed by atoms with van der Waals surface area (Å²) < 4.78 is 31.4. The minimum atomic E-state index is -0.777. The summed E-state index contributed by atoms with van der Waals surface area (Å²) in [5.41, 5.74) is -0.676. The molecule has 0 saturated heterocycles. The molecule has 1 aromatic rings. The zero-order valence-electron chi connectivity index (χ0n) is 12.4. The van der Waals surface area contributed by atoms with Crippen LogP contribution in [0.15, 0.2) is 18.2 Å². The predicted octanol–water partition coefficient (Wildman–Crippen LogP) is 2.90. The Morgan fingerprint density at radius 1 is 1.48 bits per heavy atom. The van der Waals surface area contributed by atoms with Gasteiger partial charge in [0.05, 0.1) is 11.5 Å². The molecule has 0 fully saturated rings. The number of carbonyl (C=O) groups excluding carboxylic acids is 1. The molecule has 5 heteroatoms. The summed E-state index contributed by atoms with van der Waals surface area (Å²) in [5.74, 6) is 0.756. The van der Waals surface area contributed by atoms with Gasteiger partial charge in [0.1, 0.15) is 12.4 Å². The lowest BCUT2D eigenvalue weighted by atomic mass is 9.88. The number of rotatable bonds is 6. The van der Waals surface area contributed by atoms with Gasteiger partial charge in [0.2, 0.25) is 5.91 Å². The van der Waals surface area contributed by atoms with Gasteiger partial charge in [0, 0.05) is 12.5 Å². The van der Waals surface area contributed by atoms with Gasteiger partial charge in [0.15, 0.2) is 11.6 Å². The van der Waals surface area contributed by atoms with Crippen molar-refractivity contribution in [3.8, 4) is 18.1 Å².